The van der Waals surface area contributed by atoms with Crippen molar-refractivity contribution in [2.45, 2.75) is 43.5 Å². The van der Waals surface area contributed by atoms with E-state index in [1.54, 1.807) is 18.2 Å². The van der Waals surface area contributed by atoms with Crippen molar-refractivity contribution in [3.05, 3.63) is 101 Å². The van der Waals surface area contributed by atoms with Crippen molar-refractivity contribution in [2.24, 2.45) is 0 Å². The number of furan rings is 1. The van der Waals surface area contributed by atoms with Crippen molar-refractivity contribution < 1.29 is 38.7 Å². The second-order valence-corrected chi connectivity index (χ2v) is 8.96. The van der Waals surface area contributed by atoms with Gasteiger partial charge in [-0.2, -0.15) is 0 Å². The van der Waals surface area contributed by atoms with Crippen LogP contribution in [0.25, 0.3) is 11.0 Å². The molecule has 2 heterocycles. The van der Waals surface area contributed by atoms with Gasteiger partial charge in [0, 0.05) is 11.8 Å². The van der Waals surface area contributed by atoms with E-state index in [1.165, 1.54) is 12.1 Å². The molecule has 0 bridgehead atoms. The molecule has 0 spiro atoms. The van der Waals surface area contributed by atoms with Crippen LogP contribution in [0.3, 0.4) is 0 Å². The van der Waals surface area contributed by atoms with E-state index in [0.29, 0.717) is 22.6 Å². The normalized spacial score (nSPS) is 24.2. The first-order valence-corrected chi connectivity index (χ1v) is 11.7. The molecule has 1 fully saturated rings. The van der Waals surface area contributed by atoms with Crippen molar-refractivity contribution in [2.75, 3.05) is 6.61 Å². The highest BCUT2D eigenvalue weighted by atomic mass is 19.1. The highest BCUT2D eigenvalue weighted by Gasteiger charge is 2.44. The smallest absolute Gasteiger partial charge is 0.146 e. The van der Waals surface area contributed by atoms with Gasteiger partial charge >= 0.3 is 0 Å². The Hall–Kier alpha value is -3.27. The van der Waals surface area contributed by atoms with Crippen LogP contribution in [-0.4, -0.2) is 51.4 Å². The number of hydrogen-bond donors (Lipinski definition) is 4. The average Bonchev–Trinajstić information content (AvgIpc) is 3.32. The summed E-state index contributed by atoms with van der Waals surface area (Å²) in [6, 6.07) is 21.3. The van der Waals surface area contributed by atoms with Gasteiger partial charge in [0.05, 0.1) is 6.61 Å². The Labute approximate surface area is 207 Å². The standard InChI is InChI=1S/C28H27FO7/c29-22-10-7-18(28-27(33)26(32)25(31)24(14-30)36-28)12-19(22)11-16-5-8-20(9-6-16)34-15-21-13-17-3-1-2-4-23(17)35-21/h1-10,12-13,24-28,30-33H,11,14-15H2/t24-,25-,26+,27-,28+/m1/s1. The molecule has 4 N–H and O–H groups in total. The van der Waals surface area contributed by atoms with Crippen LogP contribution in [-0.2, 0) is 17.8 Å². The molecule has 4 aromatic rings. The van der Waals surface area contributed by atoms with Crippen LogP contribution in [0.2, 0.25) is 0 Å². The van der Waals surface area contributed by atoms with Crippen molar-refractivity contribution in [3.63, 3.8) is 0 Å². The topological polar surface area (TPSA) is 113 Å². The van der Waals surface area contributed by atoms with Gasteiger partial charge in [0.25, 0.3) is 0 Å². The third-order valence-electron chi connectivity index (χ3n) is 6.47. The zero-order valence-electron chi connectivity index (χ0n) is 19.3. The number of fused-ring (bicyclic) bond motifs is 1. The van der Waals surface area contributed by atoms with Gasteiger partial charge in [-0.1, -0.05) is 36.4 Å². The van der Waals surface area contributed by atoms with Gasteiger partial charge in [-0.3, -0.25) is 0 Å². The highest BCUT2D eigenvalue weighted by molar-refractivity contribution is 5.77. The van der Waals surface area contributed by atoms with Crippen LogP contribution in [0.4, 0.5) is 4.39 Å². The van der Waals surface area contributed by atoms with E-state index < -0.39 is 42.9 Å². The van der Waals surface area contributed by atoms with E-state index in [0.717, 1.165) is 16.5 Å². The number of aliphatic hydroxyl groups is 4. The molecule has 1 saturated heterocycles. The Morgan fingerprint density at radius 3 is 2.39 bits per heavy atom. The fraction of sp³-hybridized carbons (Fsp3) is 0.286. The summed E-state index contributed by atoms with van der Waals surface area (Å²) < 4.78 is 31.8. The second kappa shape index (κ2) is 10.4. The number of ether oxygens (including phenoxy) is 2. The summed E-state index contributed by atoms with van der Waals surface area (Å²) in [7, 11) is 0. The molecule has 5 atom stereocenters. The van der Waals surface area contributed by atoms with Gasteiger partial charge in [0.1, 0.15) is 60.0 Å². The molecule has 0 aliphatic carbocycles. The Morgan fingerprint density at radius 2 is 1.64 bits per heavy atom. The predicted octanol–water partition coefficient (Wildman–Crippen LogP) is 3.26. The van der Waals surface area contributed by atoms with Gasteiger partial charge in [-0.15, -0.1) is 0 Å². The lowest BCUT2D eigenvalue weighted by Gasteiger charge is -2.40. The largest absolute Gasteiger partial charge is 0.486 e. The number of rotatable bonds is 7. The SMILES string of the molecule is OC[C@H]1O[C@@H](c2ccc(F)c(Cc3ccc(OCc4cc5ccccc5o4)cc3)c2)[C@H](O)[C@@H](O)[C@@H]1O. The van der Waals surface area contributed by atoms with Gasteiger partial charge in [-0.05, 0) is 53.1 Å². The minimum atomic E-state index is -1.50. The van der Waals surface area contributed by atoms with Crippen LogP contribution >= 0.6 is 0 Å². The van der Waals surface area contributed by atoms with E-state index in [2.05, 4.69) is 0 Å². The summed E-state index contributed by atoms with van der Waals surface area (Å²) >= 11 is 0. The third kappa shape index (κ3) is 5.00. The van der Waals surface area contributed by atoms with Crippen molar-refractivity contribution >= 4 is 11.0 Å². The van der Waals surface area contributed by atoms with Crippen LogP contribution in [0.5, 0.6) is 5.75 Å². The average molecular weight is 495 g/mol. The van der Waals surface area contributed by atoms with Crippen LogP contribution in [0.15, 0.2) is 77.2 Å². The fourth-order valence-electron chi connectivity index (χ4n) is 4.47. The van der Waals surface area contributed by atoms with Gasteiger partial charge in [-0.25, -0.2) is 4.39 Å². The Balaban J connectivity index is 1.26. The Bertz CT molecular complexity index is 1280. The molecule has 1 aromatic heterocycles. The number of benzene rings is 3. The zero-order chi connectivity index (χ0) is 25.2. The summed E-state index contributed by atoms with van der Waals surface area (Å²) in [5.74, 6) is 0.940. The molecular weight excluding hydrogens is 467 g/mol. The summed E-state index contributed by atoms with van der Waals surface area (Å²) in [6.45, 7) is -0.246. The molecule has 36 heavy (non-hydrogen) atoms. The lowest BCUT2D eigenvalue weighted by atomic mass is 9.90. The first-order chi connectivity index (χ1) is 17.4. The maximum atomic E-state index is 14.6. The van der Waals surface area contributed by atoms with Gasteiger partial charge in [0.2, 0.25) is 0 Å². The minimum absolute atomic E-state index is 0.279. The molecule has 7 nitrogen and oxygen atoms in total. The summed E-state index contributed by atoms with van der Waals surface area (Å²) in [4.78, 5) is 0. The molecule has 0 saturated carbocycles. The summed E-state index contributed by atoms with van der Waals surface area (Å²) in [5.41, 5.74) is 2.46. The molecule has 0 unspecified atom stereocenters. The lowest BCUT2D eigenvalue weighted by molar-refractivity contribution is -0.231. The molecule has 0 radical (unpaired) electrons. The molecule has 8 heteroatoms. The van der Waals surface area contributed by atoms with E-state index in [-0.39, 0.29) is 13.0 Å². The minimum Gasteiger partial charge on any atom is -0.486 e. The monoisotopic (exact) mass is 494 g/mol. The van der Waals surface area contributed by atoms with Crippen LogP contribution < -0.4 is 4.74 Å². The second-order valence-electron chi connectivity index (χ2n) is 8.96. The molecule has 5 rings (SSSR count). The van der Waals surface area contributed by atoms with Crippen molar-refractivity contribution in [1.29, 1.82) is 0 Å². The lowest BCUT2D eigenvalue weighted by Crippen LogP contribution is -2.55. The van der Waals surface area contributed by atoms with E-state index >= 15 is 0 Å². The highest BCUT2D eigenvalue weighted by Crippen LogP contribution is 2.33. The predicted molar refractivity (Wildman–Crippen MR) is 129 cm³/mol. The number of aliphatic hydroxyl groups excluding tert-OH is 4. The number of halogens is 1. The first kappa shape index (κ1) is 24.4. The molecule has 0 amide bonds. The molecular formula is C28H27FO7. The summed E-state index contributed by atoms with van der Waals surface area (Å²) in [6.07, 6.45) is -6.15. The maximum absolute atomic E-state index is 14.6. The maximum Gasteiger partial charge on any atom is 0.146 e. The molecule has 188 valence electrons. The van der Waals surface area contributed by atoms with E-state index in [9.17, 15) is 24.8 Å². The van der Waals surface area contributed by atoms with E-state index in [1.807, 2.05) is 42.5 Å². The number of hydrogen-bond acceptors (Lipinski definition) is 7. The number of para-hydroxylation sites is 1. The molecule has 3 aromatic carbocycles. The zero-order valence-corrected chi connectivity index (χ0v) is 19.3. The fourth-order valence-corrected chi connectivity index (χ4v) is 4.47. The summed E-state index contributed by atoms with van der Waals surface area (Å²) in [5, 5.41) is 40.9. The van der Waals surface area contributed by atoms with E-state index in [4.69, 9.17) is 13.9 Å². The van der Waals surface area contributed by atoms with Crippen LogP contribution in [0.1, 0.15) is 28.6 Å². The molecule has 1 aliphatic heterocycles. The van der Waals surface area contributed by atoms with Crippen molar-refractivity contribution in [1.82, 2.24) is 0 Å². The van der Waals surface area contributed by atoms with Gasteiger partial charge in [0.15, 0.2) is 0 Å². The first-order valence-electron chi connectivity index (χ1n) is 11.7. The molecule has 1 aliphatic rings. The Morgan fingerprint density at radius 1 is 0.861 bits per heavy atom. The van der Waals surface area contributed by atoms with Crippen molar-refractivity contribution in [3.8, 4) is 5.75 Å². The van der Waals surface area contributed by atoms with Crippen LogP contribution in [0, 0.1) is 5.82 Å². The Kier molecular flexibility index (Phi) is 7.04. The third-order valence-corrected chi connectivity index (χ3v) is 6.47. The van der Waals surface area contributed by atoms with Gasteiger partial charge < -0.3 is 34.3 Å². The quantitative estimate of drug-likeness (QED) is 0.312.